The lowest BCUT2D eigenvalue weighted by Gasteiger charge is -2.33. The van der Waals surface area contributed by atoms with E-state index in [0.717, 1.165) is 4.57 Å². The van der Waals surface area contributed by atoms with Crippen molar-refractivity contribution in [2.24, 2.45) is 0 Å². The van der Waals surface area contributed by atoms with Gasteiger partial charge < -0.3 is 10.2 Å². The van der Waals surface area contributed by atoms with E-state index in [-0.39, 0.29) is 12.3 Å². The van der Waals surface area contributed by atoms with Crippen molar-refractivity contribution in [1.29, 1.82) is 0 Å². The highest BCUT2D eigenvalue weighted by Crippen LogP contribution is 2.48. The summed E-state index contributed by atoms with van der Waals surface area (Å²) in [5.74, 6) is -1.48. The number of nitrogens with zero attached hydrogens (tertiary/aromatic N) is 3. The molecule has 3 N–H and O–H groups in total. The quantitative estimate of drug-likeness (QED) is 0.574. The van der Waals surface area contributed by atoms with Crippen LogP contribution in [-0.2, 0) is 15.2 Å². The molecule has 2 aliphatic rings. The minimum atomic E-state index is -1.72. The largest absolute Gasteiger partial charge is 0.480 e. The van der Waals surface area contributed by atoms with Crippen molar-refractivity contribution >= 4 is 28.5 Å². The second-order valence-corrected chi connectivity index (χ2v) is 7.97. The summed E-state index contributed by atoms with van der Waals surface area (Å²) < 4.78 is 1.04. The van der Waals surface area contributed by atoms with Gasteiger partial charge in [-0.2, -0.15) is 0 Å². The molecule has 4 atom stereocenters. The molecule has 158 valence electrons. The van der Waals surface area contributed by atoms with Gasteiger partial charge in [-0.1, -0.05) is 30.3 Å². The van der Waals surface area contributed by atoms with Gasteiger partial charge in [0.15, 0.2) is 0 Å². The Balaban J connectivity index is 1.63. The molecular formula is C22H20N4O5. The van der Waals surface area contributed by atoms with Crippen LogP contribution in [0.3, 0.4) is 0 Å². The Bertz CT molecular complexity index is 1290. The van der Waals surface area contributed by atoms with Gasteiger partial charge >= 0.3 is 5.97 Å². The van der Waals surface area contributed by atoms with Gasteiger partial charge in [-0.3, -0.25) is 24.4 Å². The number of carboxylic acids is 1. The van der Waals surface area contributed by atoms with Crippen molar-refractivity contribution in [3.8, 4) is 0 Å². The molecule has 2 aromatic carbocycles. The molecule has 0 aliphatic carbocycles. The first-order valence-corrected chi connectivity index (χ1v) is 9.92. The molecule has 3 aromatic rings. The fourth-order valence-electron chi connectivity index (χ4n) is 4.65. The van der Waals surface area contributed by atoms with Crippen LogP contribution in [0.2, 0.25) is 0 Å². The smallest absolute Gasteiger partial charge is 0.326 e. The number of aliphatic hydroxyl groups is 1. The summed E-state index contributed by atoms with van der Waals surface area (Å²) in [6, 6.07) is 11.6. The molecule has 1 amide bonds. The van der Waals surface area contributed by atoms with Gasteiger partial charge in [0.25, 0.3) is 5.56 Å². The van der Waals surface area contributed by atoms with E-state index in [9.17, 15) is 24.6 Å². The van der Waals surface area contributed by atoms with Gasteiger partial charge in [-0.05, 0) is 25.1 Å². The number of fused-ring (bicyclic) bond motifs is 4. The first kappa shape index (κ1) is 19.4. The number of carbonyl (C=O) groups excluding carboxylic acids is 1. The minimum Gasteiger partial charge on any atom is -0.480 e. The summed E-state index contributed by atoms with van der Waals surface area (Å²) in [5.41, 5.74) is -0.786. The average molecular weight is 420 g/mol. The summed E-state index contributed by atoms with van der Waals surface area (Å²) in [5, 5.41) is 25.1. The third kappa shape index (κ3) is 2.70. The number of aliphatic carboxylic acids is 1. The maximum absolute atomic E-state index is 13.0. The van der Waals surface area contributed by atoms with Crippen molar-refractivity contribution in [3.05, 3.63) is 70.8 Å². The molecule has 0 bridgehead atoms. The topological polar surface area (TPSA) is 125 Å². The number of benzene rings is 2. The number of aromatic nitrogens is 2. The molecule has 9 nitrogen and oxygen atoms in total. The maximum atomic E-state index is 13.0. The van der Waals surface area contributed by atoms with Gasteiger partial charge in [0.2, 0.25) is 5.91 Å². The Hall–Kier alpha value is -3.56. The van der Waals surface area contributed by atoms with Gasteiger partial charge in [-0.15, -0.1) is 0 Å². The number of para-hydroxylation sites is 2. The normalized spacial score (nSPS) is 25.5. The lowest BCUT2D eigenvalue weighted by molar-refractivity contribution is -0.144. The number of hydrogen-bond donors (Lipinski definition) is 3. The predicted octanol–water partition coefficient (Wildman–Crippen LogP) is 0.964. The van der Waals surface area contributed by atoms with Crippen LogP contribution in [0.1, 0.15) is 24.9 Å². The summed E-state index contributed by atoms with van der Waals surface area (Å²) in [6.45, 7) is 1.69. The van der Waals surface area contributed by atoms with E-state index in [1.165, 1.54) is 11.2 Å². The molecule has 1 saturated heterocycles. The van der Waals surface area contributed by atoms with E-state index >= 15 is 0 Å². The molecule has 3 heterocycles. The Labute approximate surface area is 176 Å². The van der Waals surface area contributed by atoms with Crippen molar-refractivity contribution in [2.45, 2.75) is 37.2 Å². The van der Waals surface area contributed by atoms with Crippen LogP contribution in [0, 0.1) is 0 Å². The van der Waals surface area contributed by atoms with E-state index < -0.39 is 35.4 Å². The molecule has 0 spiro atoms. The number of carboxylic acid groups (broad SMARTS) is 1. The lowest BCUT2D eigenvalue weighted by atomic mass is 9.86. The van der Waals surface area contributed by atoms with E-state index in [1.807, 2.05) is 0 Å². The Kier molecular flexibility index (Phi) is 4.21. The van der Waals surface area contributed by atoms with Crippen molar-refractivity contribution in [1.82, 2.24) is 14.9 Å². The third-order valence-electron chi connectivity index (χ3n) is 6.17. The highest BCUT2D eigenvalue weighted by Gasteiger charge is 2.58. The van der Waals surface area contributed by atoms with Crippen LogP contribution in [-0.4, -0.2) is 43.8 Å². The number of carbonyl (C=O) groups is 2. The van der Waals surface area contributed by atoms with Crippen molar-refractivity contribution < 1.29 is 19.8 Å². The standard InChI is InChI=1S/C22H20N4O5/c1-12-18(27)26-16-9-5-3-7-14(16)22(31,21(26)24-12)10-17(20(29)30)25-11-23-15-8-4-2-6-13(15)19(25)28/h2-9,11-12,17,21,24,31H,10H2,1H3,(H,29,30)/t12-,17+,21-,22+/m1/s1. The minimum absolute atomic E-state index is 0.204. The van der Waals surface area contributed by atoms with Crippen LogP contribution in [0.25, 0.3) is 10.9 Å². The number of anilines is 1. The molecule has 0 saturated carbocycles. The highest BCUT2D eigenvalue weighted by atomic mass is 16.4. The van der Waals surface area contributed by atoms with Crippen LogP contribution < -0.4 is 15.8 Å². The van der Waals surface area contributed by atoms with E-state index in [4.69, 9.17) is 0 Å². The molecular weight excluding hydrogens is 400 g/mol. The summed E-state index contributed by atoms with van der Waals surface area (Å²) in [4.78, 5) is 43.7. The zero-order valence-corrected chi connectivity index (χ0v) is 16.6. The summed E-state index contributed by atoms with van der Waals surface area (Å²) in [6.07, 6.45) is 0.0349. The first-order valence-electron chi connectivity index (χ1n) is 9.92. The van der Waals surface area contributed by atoms with Gasteiger partial charge in [0.1, 0.15) is 17.8 Å². The third-order valence-corrected chi connectivity index (χ3v) is 6.17. The molecule has 31 heavy (non-hydrogen) atoms. The number of hydrogen-bond acceptors (Lipinski definition) is 6. The van der Waals surface area contributed by atoms with E-state index in [2.05, 4.69) is 10.3 Å². The molecule has 0 unspecified atom stereocenters. The SMILES string of the molecule is C[C@H]1N[C@@H]2N(C1=O)c1ccccc1[C@@]2(O)C[C@@H](C(=O)O)n1cnc2ccccc2c1=O. The van der Waals surface area contributed by atoms with Gasteiger partial charge in [-0.25, -0.2) is 9.78 Å². The van der Waals surface area contributed by atoms with Crippen LogP contribution in [0.15, 0.2) is 59.7 Å². The highest BCUT2D eigenvalue weighted by molar-refractivity contribution is 6.02. The molecule has 1 aromatic heterocycles. The van der Waals surface area contributed by atoms with Crippen LogP contribution >= 0.6 is 0 Å². The van der Waals surface area contributed by atoms with Crippen LogP contribution in [0.5, 0.6) is 0 Å². The number of rotatable bonds is 4. The Morgan fingerprint density at radius 1 is 1.19 bits per heavy atom. The number of amides is 1. The molecule has 2 aliphatic heterocycles. The lowest BCUT2D eigenvalue weighted by Crippen LogP contribution is -2.51. The van der Waals surface area contributed by atoms with Gasteiger partial charge in [0, 0.05) is 12.0 Å². The van der Waals surface area contributed by atoms with Crippen molar-refractivity contribution in [2.75, 3.05) is 4.90 Å². The maximum Gasteiger partial charge on any atom is 0.326 e. The van der Waals surface area contributed by atoms with Gasteiger partial charge in [0.05, 0.1) is 29.0 Å². The monoisotopic (exact) mass is 420 g/mol. The second-order valence-electron chi connectivity index (χ2n) is 7.97. The fraction of sp³-hybridized carbons (Fsp3) is 0.273. The fourth-order valence-corrected chi connectivity index (χ4v) is 4.65. The zero-order valence-electron chi connectivity index (χ0n) is 16.6. The number of nitrogens with one attached hydrogen (secondary N) is 1. The summed E-state index contributed by atoms with van der Waals surface area (Å²) in [7, 11) is 0. The Morgan fingerprint density at radius 3 is 2.68 bits per heavy atom. The molecule has 9 heteroatoms. The van der Waals surface area contributed by atoms with E-state index in [0.29, 0.717) is 22.2 Å². The molecule has 0 radical (unpaired) electrons. The average Bonchev–Trinajstić information content (AvgIpc) is 3.19. The first-order chi connectivity index (χ1) is 14.8. The van der Waals surface area contributed by atoms with Crippen molar-refractivity contribution in [3.63, 3.8) is 0 Å². The molecule has 1 fully saturated rings. The molecule has 5 rings (SSSR count). The summed E-state index contributed by atoms with van der Waals surface area (Å²) >= 11 is 0. The zero-order chi connectivity index (χ0) is 21.9. The predicted molar refractivity (Wildman–Crippen MR) is 112 cm³/mol. The second kappa shape index (κ2) is 6.73. The van der Waals surface area contributed by atoms with Crippen LogP contribution in [0.4, 0.5) is 5.69 Å². The Morgan fingerprint density at radius 2 is 1.90 bits per heavy atom. The van der Waals surface area contributed by atoms with E-state index in [1.54, 1.807) is 55.5 Å².